The minimum Gasteiger partial charge on any atom is -0.481 e. The summed E-state index contributed by atoms with van der Waals surface area (Å²) in [4.78, 5) is 74.3. The first kappa shape index (κ1) is 25.8. The number of hydrogen-bond acceptors (Lipinski definition) is 7. The first-order valence-corrected chi connectivity index (χ1v) is 11.3. The molecular weight excluding hydrogens is 460 g/mol. The van der Waals surface area contributed by atoms with Gasteiger partial charge in [0.2, 0.25) is 23.6 Å². The topological polar surface area (TPSA) is 182 Å². The van der Waals surface area contributed by atoms with Gasteiger partial charge in [0, 0.05) is 6.42 Å². The monoisotopic (exact) mass is 488 g/mol. The van der Waals surface area contributed by atoms with Gasteiger partial charge in [0.05, 0.1) is 12.3 Å². The number of rotatable bonds is 10. The van der Waals surface area contributed by atoms with E-state index >= 15 is 0 Å². The second kappa shape index (κ2) is 11.6. The molecule has 0 aromatic heterocycles. The average molecular weight is 488 g/mol. The SMILES string of the molecule is O=C(O)C[C@H](NC(=O)CN1C(=O)CC(C2CCNCC2)C1=O)C(=O)N[C@H](C(=O)O)c1ccccc1. The van der Waals surface area contributed by atoms with Crippen molar-refractivity contribution in [3.63, 3.8) is 0 Å². The number of carbonyl (C=O) groups is 6. The number of piperidine rings is 1. The summed E-state index contributed by atoms with van der Waals surface area (Å²) in [7, 11) is 0. The molecule has 1 aromatic rings. The molecule has 2 fully saturated rings. The van der Waals surface area contributed by atoms with E-state index in [2.05, 4.69) is 16.0 Å². The van der Waals surface area contributed by atoms with Crippen molar-refractivity contribution in [2.45, 2.75) is 37.8 Å². The van der Waals surface area contributed by atoms with E-state index in [0.29, 0.717) is 0 Å². The number of carboxylic acids is 2. The summed E-state index contributed by atoms with van der Waals surface area (Å²) >= 11 is 0. The zero-order valence-electron chi connectivity index (χ0n) is 18.9. The van der Waals surface area contributed by atoms with Crippen LogP contribution in [0.4, 0.5) is 0 Å². The summed E-state index contributed by atoms with van der Waals surface area (Å²) in [6, 6.07) is 4.70. The molecule has 1 aromatic carbocycles. The lowest BCUT2D eigenvalue weighted by Gasteiger charge is -2.26. The van der Waals surface area contributed by atoms with Gasteiger partial charge in [-0.1, -0.05) is 30.3 Å². The van der Waals surface area contributed by atoms with E-state index in [9.17, 15) is 39.0 Å². The molecule has 35 heavy (non-hydrogen) atoms. The zero-order valence-corrected chi connectivity index (χ0v) is 18.9. The molecule has 0 bridgehead atoms. The molecule has 0 spiro atoms. The molecule has 2 aliphatic rings. The smallest absolute Gasteiger partial charge is 0.330 e. The predicted molar refractivity (Wildman–Crippen MR) is 120 cm³/mol. The lowest BCUT2D eigenvalue weighted by atomic mass is 9.84. The van der Waals surface area contributed by atoms with E-state index in [0.717, 1.165) is 30.8 Å². The maximum atomic E-state index is 12.8. The lowest BCUT2D eigenvalue weighted by Crippen LogP contribution is -2.52. The Kier molecular flexibility index (Phi) is 8.53. The van der Waals surface area contributed by atoms with Crippen LogP contribution >= 0.6 is 0 Å². The van der Waals surface area contributed by atoms with Crippen LogP contribution in [0.15, 0.2) is 30.3 Å². The number of hydrogen-bond donors (Lipinski definition) is 5. The maximum absolute atomic E-state index is 12.8. The van der Waals surface area contributed by atoms with Crippen LogP contribution in [-0.2, 0) is 28.8 Å². The number of aliphatic carboxylic acids is 2. The normalized spacial score (nSPS) is 20.2. The van der Waals surface area contributed by atoms with Crippen LogP contribution in [0.1, 0.15) is 37.3 Å². The Morgan fingerprint density at radius 3 is 2.29 bits per heavy atom. The van der Waals surface area contributed by atoms with Crippen molar-refractivity contribution >= 4 is 35.6 Å². The van der Waals surface area contributed by atoms with Crippen LogP contribution in [0.5, 0.6) is 0 Å². The summed E-state index contributed by atoms with van der Waals surface area (Å²) in [5.74, 6) is -6.11. The number of nitrogens with zero attached hydrogens (tertiary/aromatic N) is 1. The van der Waals surface area contributed by atoms with Crippen LogP contribution in [-0.4, -0.2) is 76.4 Å². The molecule has 4 amide bonds. The van der Waals surface area contributed by atoms with E-state index < -0.39 is 66.5 Å². The molecule has 0 radical (unpaired) electrons. The highest BCUT2D eigenvalue weighted by Gasteiger charge is 2.43. The molecule has 2 heterocycles. The largest absolute Gasteiger partial charge is 0.481 e. The van der Waals surface area contributed by atoms with Crippen molar-refractivity contribution in [3.05, 3.63) is 35.9 Å². The first-order valence-electron chi connectivity index (χ1n) is 11.3. The van der Waals surface area contributed by atoms with Gasteiger partial charge in [-0.15, -0.1) is 0 Å². The standard InChI is InChI=1S/C23H28N4O8/c28-17(12-27-18(29)10-15(22(27)33)13-6-8-24-9-7-13)25-16(11-19(30)31)21(32)26-20(23(34)35)14-4-2-1-3-5-14/h1-5,13,15-16,20,24H,6-12H2,(H,25,28)(H,26,32)(H,30,31)(H,34,35)/t15?,16-,20-/m0/s1. The third kappa shape index (κ3) is 6.63. The van der Waals surface area contributed by atoms with Gasteiger partial charge in [0.1, 0.15) is 12.6 Å². The minimum absolute atomic E-state index is 0.00713. The summed E-state index contributed by atoms with van der Waals surface area (Å²) in [6.07, 6.45) is 0.680. The quantitative estimate of drug-likeness (QED) is 0.265. The van der Waals surface area contributed by atoms with Gasteiger partial charge in [-0.3, -0.25) is 28.9 Å². The molecular formula is C23H28N4O8. The zero-order chi connectivity index (χ0) is 25.5. The van der Waals surface area contributed by atoms with Crippen LogP contribution < -0.4 is 16.0 Å². The van der Waals surface area contributed by atoms with E-state index in [1.807, 2.05) is 0 Å². The third-order valence-electron chi connectivity index (χ3n) is 6.23. The number of likely N-dealkylation sites (tertiary alicyclic amines) is 1. The van der Waals surface area contributed by atoms with E-state index in [-0.39, 0.29) is 17.9 Å². The summed E-state index contributed by atoms with van der Waals surface area (Å²) in [5, 5.41) is 26.3. The number of carboxylic acid groups (broad SMARTS) is 2. The van der Waals surface area contributed by atoms with Crippen molar-refractivity contribution < 1.29 is 39.0 Å². The van der Waals surface area contributed by atoms with Gasteiger partial charge in [0.25, 0.3) is 0 Å². The molecule has 12 nitrogen and oxygen atoms in total. The summed E-state index contributed by atoms with van der Waals surface area (Å²) < 4.78 is 0. The Labute approximate surface area is 201 Å². The molecule has 188 valence electrons. The van der Waals surface area contributed by atoms with Gasteiger partial charge in [-0.25, -0.2) is 4.79 Å². The highest BCUT2D eigenvalue weighted by molar-refractivity contribution is 6.06. The van der Waals surface area contributed by atoms with Crippen LogP contribution in [0.3, 0.4) is 0 Å². The summed E-state index contributed by atoms with van der Waals surface area (Å²) in [5.41, 5.74) is 0.256. The fourth-order valence-corrected chi connectivity index (χ4v) is 4.43. The Morgan fingerprint density at radius 2 is 1.69 bits per heavy atom. The van der Waals surface area contributed by atoms with Crippen molar-refractivity contribution in [3.8, 4) is 0 Å². The molecule has 2 saturated heterocycles. The fourth-order valence-electron chi connectivity index (χ4n) is 4.43. The van der Waals surface area contributed by atoms with Gasteiger partial charge in [-0.2, -0.15) is 0 Å². The maximum Gasteiger partial charge on any atom is 0.330 e. The highest BCUT2D eigenvalue weighted by atomic mass is 16.4. The number of carbonyl (C=O) groups excluding carboxylic acids is 4. The van der Waals surface area contributed by atoms with Crippen LogP contribution in [0.25, 0.3) is 0 Å². The van der Waals surface area contributed by atoms with Crippen molar-refractivity contribution in [2.24, 2.45) is 11.8 Å². The molecule has 2 aliphatic heterocycles. The molecule has 12 heteroatoms. The van der Waals surface area contributed by atoms with Crippen molar-refractivity contribution in [2.75, 3.05) is 19.6 Å². The number of nitrogens with one attached hydrogen (secondary N) is 3. The number of benzene rings is 1. The molecule has 3 rings (SSSR count). The average Bonchev–Trinajstić information content (AvgIpc) is 3.10. The molecule has 1 unspecified atom stereocenters. The van der Waals surface area contributed by atoms with Gasteiger partial charge >= 0.3 is 11.9 Å². The van der Waals surface area contributed by atoms with Crippen LogP contribution in [0, 0.1) is 11.8 Å². The number of imide groups is 1. The van der Waals surface area contributed by atoms with Crippen molar-refractivity contribution in [1.82, 2.24) is 20.9 Å². The summed E-state index contributed by atoms with van der Waals surface area (Å²) in [6.45, 7) is 0.842. The highest BCUT2D eigenvalue weighted by Crippen LogP contribution is 2.31. The molecule has 0 saturated carbocycles. The second-order valence-corrected chi connectivity index (χ2v) is 8.62. The Balaban J connectivity index is 1.65. The lowest BCUT2D eigenvalue weighted by molar-refractivity contribution is -0.146. The van der Waals surface area contributed by atoms with Crippen LogP contribution in [0.2, 0.25) is 0 Å². The molecule has 0 aliphatic carbocycles. The third-order valence-corrected chi connectivity index (χ3v) is 6.23. The second-order valence-electron chi connectivity index (χ2n) is 8.62. The van der Waals surface area contributed by atoms with Gasteiger partial charge < -0.3 is 26.2 Å². The van der Waals surface area contributed by atoms with E-state index in [1.165, 1.54) is 12.1 Å². The van der Waals surface area contributed by atoms with E-state index in [1.54, 1.807) is 18.2 Å². The first-order chi connectivity index (χ1) is 16.7. The Morgan fingerprint density at radius 1 is 1.03 bits per heavy atom. The van der Waals surface area contributed by atoms with Gasteiger partial charge in [-0.05, 0) is 37.4 Å². The van der Waals surface area contributed by atoms with Gasteiger partial charge in [0.15, 0.2) is 6.04 Å². The van der Waals surface area contributed by atoms with E-state index in [4.69, 9.17) is 0 Å². The predicted octanol–water partition coefficient (Wildman–Crippen LogP) is -0.737. The Bertz CT molecular complexity index is 992. The van der Waals surface area contributed by atoms with Crippen molar-refractivity contribution in [1.29, 1.82) is 0 Å². The molecule has 5 N–H and O–H groups in total. The fraction of sp³-hybridized carbons (Fsp3) is 0.478. The number of amides is 4. The molecule has 3 atom stereocenters. The minimum atomic E-state index is -1.61. The Hall–Kier alpha value is -3.80.